The van der Waals surface area contributed by atoms with Gasteiger partial charge in [-0.3, -0.25) is 0 Å². The molecule has 0 N–H and O–H groups in total. The molecule has 8 heteroatoms. The molecule has 74 valence electrons. The van der Waals surface area contributed by atoms with Crippen molar-refractivity contribution < 1.29 is 22.3 Å². The molecule has 0 radical (unpaired) electrons. The molecule has 0 amide bonds. The van der Waals surface area contributed by atoms with Crippen molar-refractivity contribution in [3.05, 3.63) is 0 Å². The van der Waals surface area contributed by atoms with Crippen molar-refractivity contribution >= 4 is 34.8 Å². The molecular weight excluding hydrogens is 246 g/mol. The van der Waals surface area contributed by atoms with Gasteiger partial charge in [-0.25, -0.2) is 4.39 Å². The van der Waals surface area contributed by atoms with E-state index >= 15 is 0 Å². The standard InChI is InChI=1S/C4H3Cl3F4O/c5-1(6)2(7)12-3(8)4(9,10)11/h1-3H. The Balaban J connectivity index is 3.93. The Kier molecular flexibility index (Phi) is 4.91. The van der Waals surface area contributed by atoms with E-state index in [-0.39, 0.29) is 0 Å². The molecule has 12 heavy (non-hydrogen) atoms. The van der Waals surface area contributed by atoms with Crippen molar-refractivity contribution in [1.82, 2.24) is 0 Å². The summed E-state index contributed by atoms with van der Waals surface area (Å²) in [6.45, 7) is 0. The maximum absolute atomic E-state index is 12.0. The van der Waals surface area contributed by atoms with E-state index in [2.05, 4.69) is 4.74 Å². The van der Waals surface area contributed by atoms with Crippen LogP contribution in [0.4, 0.5) is 17.6 Å². The number of halogens is 7. The Morgan fingerprint density at radius 1 is 1.08 bits per heavy atom. The fraction of sp³-hybridized carbons (Fsp3) is 1.00. The van der Waals surface area contributed by atoms with E-state index in [0.717, 1.165) is 0 Å². The first-order chi connectivity index (χ1) is 5.25. The van der Waals surface area contributed by atoms with Crippen LogP contribution in [-0.4, -0.2) is 22.9 Å². The fourth-order valence-corrected chi connectivity index (χ4v) is 0.460. The Hall–Kier alpha value is 0.550. The topological polar surface area (TPSA) is 9.23 Å². The van der Waals surface area contributed by atoms with Gasteiger partial charge in [0.05, 0.1) is 0 Å². The van der Waals surface area contributed by atoms with Crippen LogP contribution in [-0.2, 0) is 4.74 Å². The third-order valence-electron chi connectivity index (χ3n) is 0.705. The first kappa shape index (κ1) is 12.6. The number of hydrogen-bond acceptors (Lipinski definition) is 1. The van der Waals surface area contributed by atoms with Crippen LogP contribution in [0.15, 0.2) is 0 Å². The second kappa shape index (κ2) is 4.69. The summed E-state index contributed by atoms with van der Waals surface area (Å²) in [5, 5.41) is 0. The minimum absolute atomic E-state index is 1.42. The van der Waals surface area contributed by atoms with Crippen LogP contribution in [0, 0.1) is 0 Å². The monoisotopic (exact) mass is 248 g/mol. The SMILES string of the molecule is FC(OC(Cl)C(Cl)Cl)C(F)(F)F. The first-order valence-electron chi connectivity index (χ1n) is 2.53. The normalized spacial score (nSPS) is 18.0. The van der Waals surface area contributed by atoms with E-state index in [9.17, 15) is 17.6 Å². The quantitative estimate of drug-likeness (QED) is 0.551. The summed E-state index contributed by atoms with van der Waals surface area (Å²) >= 11 is 15.0. The highest BCUT2D eigenvalue weighted by atomic mass is 35.5. The summed E-state index contributed by atoms with van der Waals surface area (Å²) in [5.74, 6) is 0. The molecule has 0 fully saturated rings. The largest absolute Gasteiger partial charge is 0.445 e. The predicted octanol–water partition coefficient (Wildman–Crippen LogP) is 3.23. The van der Waals surface area contributed by atoms with Crippen LogP contribution in [0.25, 0.3) is 0 Å². The Labute approximate surface area is 80.5 Å². The number of hydrogen-bond donors (Lipinski definition) is 0. The van der Waals surface area contributed by atoms with Crippen LogP contribution in [0.2, 0.25) is 0 Å². The zero-order valence-electron chi connectivity index (χ0n) is 5.29. The molecule has 0 spiro atoms. The van der Waals surface area contributed by atoms with Crippen LogP contribution in [0.1, 0.15) is 0 Å². The van der Waals surface area contributed by atoms with Crippen molar-refractivity contribution in [2.75, 3.05) is 0 Å². The predicted molar refractivity (Wildman–Crippen MR) is 37.2 cm³/mol. The molecule has 0 bridgehead atoms. The molecule has 2 unspecified atom stereocenters. The summed E-state index contributed by atoms with van der Waals surface area (Å²) in [6.07, 6.45) is -8.59. The van der Waals surface area contributed by atoms with Crippen LogP contribution in [0.5, 0.6) is 0 Å². The van der Waals surface area contributed by atoms with Gasteiger partial charge in [0.25, 0.3) is 6.36 Å². The van der Waals surface area contributed by atoms with Gasteiger partial charge >= 0.3 is 6.18 Å². The van der Waals surface area contributed by atoms with Crippen LogP contribution in [0.3, 0.4) is 0 Å². The average molecular weight is 249 g/mol. The maximum Gasteiger partial charge on any atom is 0.445 e. The minimum atomic E-state index is -5.12. The third-order valence-corrected chi connectivity index (χ3v) is 1.78. The summed E-state index contributed by atoms with van der Waals surface area (Å²) in [7, 11) is 0. The average Bonchev–Trinajstić information content (AvgIpc) is 1.85. The molecule has 0 aliphatic heterocycles. The highest BCUT2D eigenvalue weighted by molar-refractivity contribution is 6.48. The Morgan fingerprint density at radius 3 is 1.75 bits per heavy atom. The third kappa shape index (κ3) is 4.54. The highest BCUT2D eigenvalue weighted by Gasteiger charge is 2.43. The Morgan fingerprint density at radius 2 is 1.50 bits per heavy atom. The smallest absolute Gasteiger partial charge is 0.319 e. The number of ether oxygens (including phenoxy) is 1. The fourth-order valence-electron chi connectivity index (χ4n) is 0.251. The van der Waals surface area contributed by atoms with Crippen molar-refractivity contribution in [2.45, 2.75) is 22.9 Å². The van der Waals surface area contributed by atoms with E-state index in [1.165, 1.54) is 0 Å². The molecule has 0 aliphatic rings. The lowest BCUT2D eigenvalue weighted by Crippen LogP contribution is -2.31. The lowest BCUT2D eigenvalue weighted by Gasteiger charge is -2.17. The van der Waals surface area contributed by atoms with E-state index in [1.807, 2.05) is 0 Å². The lowest BCUT2D eigenvalue weighted by atomic mass is 10.6. The molecule has 1 nitrogen and oxygen atoms in total. The molecule has 0 aromatic heterocycles. The second-order valence-corrected chi connectivity index (χ2v) is 3.27. The summed E-state index contributed by atoms with van der Waals surface area (Å²) in [6, 6.07) is 0. The van der Waals surface area contributed by atoms with Crippen molar-refractivity contribution in [2.24, 2.45) is 0 Å². The van der Waals surface area contributed by atoms with Crippen LogP contribution < -0.4 is 0 Å². The second-order valence-electron chi connectivity index (χ2n) is 1.68. The maximum atomic E-state index is 12.0. The van der Waals surface area contributed by atoms with Gasteiger partial charge in [0, 0.05) is 0 Å². The lowest BCUT2D eigenvalue weighted by molar-refractivity contribution is -0.268. The van der Waals surface area contributed by atoms with Gasteiger partial charge in [0.15, 0.2) is 5.56 Å². The zero-order chi connectivity index (χ0) is 9.94. The zero-order valence-corrected chi connectivity index (χ0v) is 7.55. The van der Waals surface area contributed by atoms with E-state index < -0.39 is 22.9 Å². The number of rotatable bonds is 3. The van der Waals surface area contributed by atoms with Crippen molar-refractivity contribution in [3.8, 4) is 0 Å². The molecule has 0 heterocycles. The first-order valence-corrected chi connectivity index (χ1v) is 3.84. The molecule has 0 saturated carbocycles. The van der Waals surface area contributed by atoms with E-state index in [0.29, 0.717) is 0 Å². The molecule has 2 atom stereocenters. The molecule has 0 saturated heterocycles. The Bertz CT molecular complexity index is 139. The molecular formula is C4H3Cl3F4O. The van der Waals surface area contributed by atoms with Crippen molar-refractivity contribution in [1.29, 1.82) is 0 Å². The van der Waals surface area contributed by atoms with Crippen molar-refractivity contribution in [3.63, 3.8) is 0 Å². The molecule has 0 aromatic carbocycles. The van der Waals surface area contributed by atoms with Gasteiger partial charge < -0.3 is 4.74 Å². The van der Waals surface area contributed by atoms with Gasteiger partial charge in [-0.15, -0.1) is 23.2 Å². The molecule has 0 rings (SSSR count). The van der Waals surface area contributed by atoms with Gasteiger partial charge in [-0.05, 0) is 0 Å². The highest BCUT2D eigenvalue weighted by Crippen LogP contribution is 2.27. The molecule has 0 aromatic rings. The van der Waals surface area contributed by atoms with Gasteiger partial charge in [0.1, 0.15) is 4.84 Å². The minimum Gasteiger partial charge on any atom is -0.319 e. The van der Waals surface area contributed by atoms with Gasteiger partial charge in [0.2, 0.25) is 0 Å². The summed E-state index contributed by atoms with van der Waals surface area (Å²) in [4.78, 5) is -1.42. The van der Waals surface area contributed by atoms with Crippen LogP contribution >= 0.6 is 34.8 Å². The number of alkyl halides is 7. The van der Waals surface area contributed by atoms with E-state index in [1.54, 1.807) is 0 Å². The van der Waals surface area contributed by atoms with Gasteiger partial charge in [-0.2, -0.15) is 13.2 Å². The summed E-state index contributed by atoms with van der Waals surface area (Å²) in [5.41, 5.74) is -1.73. The van der Waals surface area contributed by atoms with Gasteiger partial charge in [-0.1, -0.05) is 11.6 Å². The van der Waals surface area contributed by atoms with E-state index in [4.69, 9.17) is 34.8 Å². The molecule has 0 aliphatic carbocycles. The summed E-state index contributed by atoms with van der Waals surface area (Å²) < 4.78 is 49.8.